The Morgan fingerprint density at radius 3 is 2.50 bits per heavy atom. The SMILES string of the molecule is CCNC(=NCc1ccc(S(C)(=O)=O)cc1)N1CCC(CSc2ccccc2)C1.I. The van der Waals surface area contributed by atoms with Crippen LogP contribution in [0.4, 0.5) is 0 Å². The summed E-state index contributed by atoms with van der Waals surface area (Å²) in [4.78, 5) is 8.79. The zero-order valence-corrected chi connectivity index (χ0v) is 21.4. The lowest BCUT2D eigenvalue weighted by molar-refractivity contribution is 0.474. The summed E-state index contributed by atoms with van der Waals surface area (Å²) in [5, 5.41) is 3.40. The van der Waals surface area contributed by atoms with E-state index in [0.717, 1.165) is 36.9 Å². The quantitative estimate of drug-likeness (QED) is 0.238. The largest absolute Gasteiger partial charge is 0.357 e. The predicted molar refractivity (Wildman–Crippen MR) is 137 cm³/mol. The number of benzene rings is 2. The Morgan fingerprint density at radius 1 is 1.17 bits per heavy atom. The summed E-state index contributed by atoms with van der Waals surface area (Å²) in [6.07, 6.45) is 2.40. The summed E-state index contributed by atoms with van der Waals surface area (Å²) >= 11 is 1.92. The Hall–Kier alpha value is -1.26. The Bertz CT molecular complexity index is 919. The van der Waals surface area contributed by atoms with Crippen LogP contribution in [0, 0.1) is 5.92 Å². The molecule has 2 aromatic rings. The van der Waals surface area contributed by atoms with Gasteiger partial charge in [0.05, 0.1) is 11.4 Å². The number of nitrogens with one attached hydrogen (secondary N) is 1. The van der Waals surface area contributed by atoms with Gasteiger partial charge in [-0.25, -0.2) is 13.4 Å². The fourth-order valence-corrected chi connectivity index (χ4v) is 5.01. The van der Waals surface area contributed by atoms with E-state index in [9.17, 15) is 8.42 Å². The molecule has 1 aliphatic heterocycles. The molecule has 0 saturated carbocycles. The van der Waals surface area contributed by atoms with Crippen LogP contribution < -0.4 is 5.32 Å². The average Bonchev–Trinajstić information content (AvgIpc) is 3.19. The number of thioether (sulfide) groups is 1. The third-order valence-electron chi connectivity index (χ3n) is 4.91. The van der Waals surface area contributed by atoms with Gasteiger partial charge >= 0.3 is 0 Å². The molecule has 3 rings (SSSR count). The number of hydrogen-bond donors (Lipinski definition) is 1. The lowest BCUT2D eigenvalue weighted by Gasteiger charge is -2.21. The van der Waals surface area contributed by atoms with E-state index in [1.807, 2.05) is 23.9 Å². The molecule has 30 heavy (non-hydrogen) atoms. The van der Waals surface area contributed by atoms with Crippen LogP contribution in [-0.4, -0.2) is 50.9 Å². The van der Waals surface area contributed by atoms with E-state index in [1.165, 1.54) is 17.6 Å². The second kappa shape index (κ2) is 12.0. The molecule has 1 atom stereocenters. The number of rotatable bonds is 7. The van der Waals surface area contributed by atoms with Gasteiger partial charge in [-0.15, -0.1) is 35.7 Å². The predicted octanol–water partition coefficient (Wildman–Crippen LogP) is 4.29. The van der Waals surface area contributed by atoms with E-state index in [2.05, 4.69) is 47.5 Å². The number of nitrogens with zero attached hydrogens (tertiary/aromatic N) is 2. The number of likely N-dealkylation sites (tertiary alicyclic amines) is 1. The lowest BCUT2D eigenvalue weighted by atomic mass is 10.2. The van der Waals surface area contributed by atoms with E-state index in [-0.39, 0.29) is 24.0 Å². The van der Waals surface area contributed by atoms with Gasteiger partial charge in [0.15, 0.2) is 15.8 Å². The van der Waals surface area contributed by atoms with Crippen LogP contribution in [0.1, 0.15) is 18.9 Å². The summed E-state index contributed by atoms with van der Waals surface area (Å²) in [7, 11) is -3.16. The van der Waals surface area contributed by atoms with Gasteiger partial charge in [-0.3, -0.25) is 0 Å². The van der Waals surface area contributed by atoms with Crippen LogP contribution in [0.3, 0.4) is 0 Å². The first-order valence-corrected chi connectivity index (χ1v) is 12.8. The maximum atomic E-state index is 11.6. The molecule has 0 bridgehead atoms. The fourth-order valence-electron chi connectivity index (χ4n) is 3.33. The second-order valence-corrected chi connectivity index (χ2v) is 10.4. The standard InChI is InChI=1S/C22H29N3O2S2.HI/c1-3-23-22(24-15-18-9-11-21(12-10-18)29(2,26)27)25-14-13-19(16-25)17-28-20-7-5-4-6-8-20;/h4-12,19H,3,13-17H2,1-2H3,(H,23,24);1H. The smallest absolute Gasteiger partial charge is 0.194 e. The van der Waals surface area contributed by atoms with Crippen molar-refractivity contribution in [1.82, 2.24) is 10.2 Å². The van der Waals surface area contributed by atoms with Crippen LogP contribution in [0.15, 0.2) is 69.4 Å². The molecule has 1 unspecified atom stereocenters. The molecule has 164 valence electrons. The highest BCUT2D eigenvalue weighted by atomic mass is 127. The van der Waals surface area contributed by atoms with Crippen molar-refractivity contribution in [3.8, 4) is 0 Å². The highest BCUT2D eigenvalue weighted by molar-refractivity contribution is 14.0. The third-order valence-corrected chi connectivity index (χ3v) is 7.28. The number of guanidine groups is 1. The summed E-state index contributed by atoms with van der Waals surface area (Å²) < 4.78 is 23.2. The first-order valence-electron chi connectivity index (χ1n) is 9.96. The van der Waals surface area contributed by atoms with Gasteiger partial charge in [0, 0.05) is 36.5 Å². The minimum absolute atomic E-state index is 0. The van der Waals surface area contributed by atoms with Gasteiger partial charge in [0.1, 0.15) is 0 Å². The van der Waals surface area contributed by atoms with E-state index in [0.29, 0.717) is 17.4 Å². The molecule has 5 nitrogen and oxygen atoms in total. The molecular weight excluding hydrogens is 529 g/mol. The molecule has 2 aromatic carbocycles. The molecule has 8 heteroatoms. The molecule has 0 amide bonds. The van der Waals surface area contributed by atoms with Gasteiger partial charge in [-0.05, 0) is 49.1 Å². The first kappa shape index (κ1) is 25.0. The second-order valence-electron chi connectivity index (χ2n) is 7.31. The normalized spacial score (nSPS) is 16.9. The molecule has 1 saturated heterocycles. The monoisotopic (exact) mass is 559 g/mol. The number of sulfone groups is 1. The molecule has 1 fully saturated rings. The van der Waals surface area contributed by atoms with Crippen LogP contribution >= 0.6 is 35.7 Å². The van der Waals surface area contributed by atoms with Crippen molar-refractivity contribution < 1.29 is 8.42 Å². The highest BCUT2D eigenvalue weighted by Gasteiger charge is 2.24. The van der Waals surface area contributed by atoms with Crippen LogP contribution in [0.25, 0.3) is 0 Å². The molecule has 1 N–H and O–H groups in total. The lowest BCUT2D eigenvalue weighted by Crippen LogP contribution is -2.40. The van der Waals surface area contributed by atoms with Crippen molar-refractivity contribution in [3.05, 3.63) is 60.2 Å². The summed E-state index contributed by atoms with van der Waals surface area (Å²) in [5.41, 5.74) is 1.00. The molecule has 0 aromatic heterocycles. The van der Waals surface area contributed by atoms with Crippen molar-refractivity contribution in [3.63, 3.8) is 0 Å². The molecule has 0 aliphatic carbocycles. The fraction of sp³-hybridized carbons (Fsp3) is 0.409. The minimum atomic E-state index is -3.16. The Balaban J connectivity index is 0.00000320. The highest BCUT2D eigenvalue weighted by Crippen LogP contribution is 2.26. The number of halogens is 1. The topological polar surface area (TPSA) is 61.8 Å². The van der Waals surface area contributed by atoms with Crippen LogP contribution in [-0.2, 0) is 16.4 Å². The van der Waals surface area contributed by atoms with Gasteiger partial charge in [-0.1, -0.05) is 30.3 Å². The van der Waals surface area contributed by atoms with E-state index < -0.39 is 9.84 Å². The zero-order chi connectivity index (χ0) is 20.7. The van der Waals surface area contributed by atoms with Crippen molar-refractivity contribution in [2.45, 2.75) is 29.7 Å². The van der Waals surface area contributed by atoms with Gasteiger partial charge in [-0.2, -0.15) is 0 Å². The van der Waals surface area contributed by atoms with Crippen molar-refractivity contribution in [2.24, 2.45) is 10.9 Å². The summed E-state index contributed by atoms with van der Waals surface area (Å²) in [5.74, 6) is 2.71. The van der Waals surface area contributed by atoms with Gasteiger partial charge < -0.3 is 10.2 Å². The minimum Gasteiger partial charge on any atom is -0.357 e. The molecule has 0 radical (unpaired) electrons. The van der Waals surface area contributed by atoms with Gasteiger partial charge in [0.2, 0.25) is 0 Å². The Morgan fingerprint density at radius 2 is 1.87 bits per heavy atom. The summed E-state index contributed by atoms with van der Waals surface area (Å²) in [6.45, 7) is 5.46. The Labute approximate surface area is 201 Å². The van der Waals surface area contributed by atoms with E-state index in [4.69, 9.17) is 4.99 Å². The average molecular weight is 560 g/mol. The number of aliphatic imine (C=N–C) groups is 1. The third kappa shape index (κ3) is 7.46. The van der Waals surface area contributed by atoms with Crippen molar-refractivity contribution in [1.29, 1.82) is 0 Å². The van der Waals surface area contributed by atoms with Crippen molar-refractivity contribution in [2.75, 3.05) is 31.6 Å². The maximum Gasteiger partial charge on any atom is 0.194 e. The maximum absolute atomic E-state index is 11.6. The zero-order valence-electron chi connectivity index (χ0n) is 17.5. The van der Waals surface area contributed by atoms with Crippen LogP contribution in [0.2, 0.25) is 0 Å². The molecule has 0 spiro atoms. The van der Waals surface area contributed by atoms with Crippen molar-refractivity contribution >= 4 is 51.5 Å². The number of hydrogen-bond acceptors (Lipinski definition) is 4. The summed E-state index contributed by atoms with van der Waals surface area (Å²) in [6, 6.07) is 17.5. The molecule has 1 heterocycles. The first-order chi connectivity index (χ1) is 14.0. The van der Waals surface area contributed by atoms with Gasteiger partial charge in [0.25, 0.3) is 0 Å². The van der Waals surface area contributed by atoms with Crippen LogP contribution in [0.5, 0.6) is 0 Å². The molecular formula is C22H30IN3O2S2. The van der Waals surface area contributed by atoms with E-state index >= 15 is 0 Å². The Kier molecular flexibility index (Phi) is 9.96. The molecule has 1 aliphatic rings. The van der Waals surface area contributed by atoms with E-state index in [1.54, 1.807) is 12.1 Å².